The van der Waals surface area contributed by atoms with E-state index in [0.717, 1.165) is 24.2 Å². The minimum absolute atomic E-state index is 0.0212. The molecule has 1 saturated heterocycles. The number of carbonyl (C=O) groups excluding carboxylic acids is 1. The van der Waals surface area contributed by atoms with Crippen LogP contribution in [0.3, 0.4) is 0 Å². The van der Waals surface area contributed by atoms with E-state index in [1.165, 1.54) is 0 Å². The molecule has 1 aromatic carbocycles. The number of anilines is 4. The predicted molar refractivity (Wildman–Crippen MR) is 106 cm³/mol. The molecule has 1 aliphatic heterocycles. The monoisotopic (exact) mass is 403 g/mol. The van der Waals surface area contributed by atoms with Gasteiger partial charge in [0.05, 0.1) is 11.5 Å². The third kappa shape index (κ3) is 4.30. The average Bonchev–Trinajstić information content (AvgIpc) is 3.46. The minimum Gasteiger partial charge on any atom is -0.369 e. The van der Waals surface area contributed by atoms with Crippen LogP contribution in [0.2, 0.25) is 0 Å². The number of sulfone groups is 1. The van der Waals surface area contributed by atoms with E-state index >= 15 is 0 Å². The van der Waals surface area contributed by atoms with Crippen LogP contribution in [0.1, 0.15) is 23.3 Å². The lowest BCUT2D eigenvalue weighted by Gasteiger charge is -2.28. The van der Waals surface area contributed by atoms with Crippen molar-refractivity contribution in [3.63, 3.8) is 0 Å². The first-order valence-electron chi connectivity index (χ1n) is 9.03. The molecule has 4 rings (SSSR count). The summed E-state index contributed by atoms with van der Waals surface area (Å²) in [6, 6.07) is 7.83. The molecule has 1 aliphatic carbocycles. The van der Waals surface area contributed by atoms with Crippen molar-refractivity contribution in [3.05, 3.63) is 30.0 Å². The Labute approximate surface area is 162 Å². The lowest BCUT2D eigenvalue weighted by Crippen LogP contribution is -2.40. The zero-order valence-electron chi connectivity index (χ0n) is 15.1. The Morgan fingerprint density at radius 3 is 2.39 bits per heavy atom. The molecular formula is C17H21N7O3S. The third-order valence-corrected chi connectivity index (χ3v) is 6.28. The van der Waals surface area contributed by atoms with Gasteiger partial charge in [-0.3, -0.25) is 4.79 Å². The lowest BCUT2D eigenvalue weighted by atomic mass is 10.2. The number of aromatic nitrogens is 3. The van der Waals surface area contributed by atoms with Gasteiger partial charge in [0.1, 0.15) is 0 Å². The zero-order valence-corrected chi connectivity index (χ0v) is 15.9. The lowest BCUT2D eigenvalue weighted by molar-refractivity contribution is 0.0995. The van der Waals surface area contributed by atoms with Crippen LogP contribution < -0.4 is 21.3 Å². The molecule has 4 N–H and O–H groups in total. The van der Waals surface area contributed by atoms with Crippen LogP contribution in [0.15, 0.2) is 24.3 Å². The fourth-order valence-corrected chi connectivity index (χ4v) is 4.12. The predicted octanol–water partition coefficient (Wildman–Crippen LogP) is 0.523. The standard InChI is InChI=1S/C17H21N7O3S/c18-15(25)14-16(19-11-1-2-11)21-17(23-22-14)20-12-3-5-13(6-4-12)24-7-9-28(26,27)10-8-24/h3-6,11H,1-2,7-10H2,(H2,18,25)(H2,19,20,21,23). The fraction of sp³-hybridized carbons (Fsp3) is 0.412. The molecule has 1 saturated carbocycles. The molecule has 1 amide bonds. The molecule has 28 heavy (non-hydrogen) atoms. The van der Waals surface area contributed by atoms with Gasteiger partial charge in [0.2, 0.25) is 5.95 Å². The summed E-state index contributed by atoms with van der Waals surface area (Å²) in [5.41, 5.74) is 7.06. The smallest absolute Gasteiger partial charge is 0.273 e. The number of nitrogens with two attached hydrogens (primary N) is 1. The molecule has 0 spiro atoms. The molecule has 1 aromatic heterocycles. The number of amides is 1. The van der Waals surface area contributed by atoms with E-state index in [1.54, 1.807) is 0 Å². The van der Waals surface area contributed by atoms with Crippen molar-refractivity contribution in [1.29, 1.82) is 0 Å². The van der Waals surface area contributed by atoms with Crippen LogP contribution in [0, 0.1) is 0 Å². The van der Waals surface area contributed by atoms with E-state index in [9.17, 15) is 13.2 Å². The van der Waals surface area contributed by atoms with Crippen molar-refractivity contribution < 1.29 is 13.2 Å². The van der Waals surface area contributed by atoms with E-state index in [4.69, 9.17) is 5.73 Å². The number of primary amides is 1. The molecule has 148 valence electrons. The van der Waals surface area contributed by atoms with E-state index in [-0.39, 0.29) is 29.2 Å². The van der Waals surface area contributed by atoms with Gasteiger partial charge in [-0.15, -0.1) is 10.2 Å². The maximum Gasteiger partial charge on any atom is 0.273 e. The molecule has 2 fully saturated rings. The van der Waals surface area contributed by atoms with E-state index in [2.05, 4.69) is 25.8 Å². The van der Waals surface area contributed by atoms with E-state index in [1.807, 2.05) is 29.2 Å². The third-order valence-electron chi connectivity index (χ3n) is 4.67. The Bertz CT molecular complexity index is 976. The summed E-state index contributed by atoms with van der Waals surface area (Å²) in [5, 5.41) is 14.0. The Balaban J connectivity index is 1.46. The Kier molecular flexibility index (Phi) is 4.75. The number of nitrogens with one attached hydrogen (secondary N) is 2. The van der Waals surface area contributed by atoms with E-state index < -0.39 is 15.7 Å². The zero-order chi connectivity index (χ0) is 19.7. The molecule has 10 nitrogen and oxygen atoms in total. The highest BCUT2D eigenvalue weighted by molar-refractivity contribution is 7.91. The average molecular weight is 403 g/mol. The first-order chi connectivity index (χ1) is 13.4. The Morgan fingerprint density at radius 2 is 1.79 bits per heavy atom. The summed E-state index contributed by atoms with van der Waals surface area (Å²) < 4.78 is 23.1. The van der Waals surface area contributed by atoms with E-state index in [0.29, 0.717) is 18.9 Å². The summed E-state index contributed by atoms with van der Waals surface area (Å²) >= 11 is 0. The van der Waals surface area contributed by atoms with Crippen molar-refractivity contribution >= 4 is 38.9 Å². The quantitative estimate of drug-likeness (QED) is 0.629. The molecule has 2 heterocycles. The number of hydrogen-bond acceptors (Lipinski definition) is 9. The van der Waals surface area contributed by atoms with Gasteiger partial charge in [-0.1, -0.05) is 0 Å². The van der Waals surface area contributed by atoms with Crippen molar-refractivity contribution in [3.8, 4) is 0 Å². The highest BCUT2D eigenvalue weighted by Gasteiger charge is 2.25. The summed E-state index contributed by atoms with van der Waals surface area (Å²) in [6.07, 6.45) is 2.04. The Morgan fingerprint density at radius 1 is 1.11 bits per heavy atom. The first kappa shape index (κ1) is 18.4. The van der Waals surface area contributed by atoms with Gasteiger partial charge in [-0.2, -0.15) is 4.98 Å². The second-order valence-electron chi connectivity index (χ2n) is 6.93. The van der Waals surface area contributed by atoms with Gasteiger partial charge in [0.25, 0.3) is 5.91 Å². The number of nitrogens with zero attached hydrogens (tertiary/aromatic N) is 4. The van der Waals surface area contributed by atoms with Gasteiger partial charge >= 0.3 is 0 Å². The SMILES string of the molecule is NC(=O)c1nnc(Nc2ccc(N3CCS(=O)(=O)CC3)cc2)nc1NC1CC1. The van der Waals surface area contributed by atoms with Gasteiger partial charge in [0.15, 0.2) is 21.3 Å². The molecule has 2 aliphatic rings. The second kappa shape index (κ2) is 7.23. The van der Waals surface area contributed by atoms with Gasteiger partial charge in [-0.05, 0) is 37.1 Å². The van der Waals surface area contributed by atoms with Crippen LogP contribution in [0.4, 0.5) is 23.1 Å². The molecular weight excluding hydrogens is 382 g/mol. The minimum atomic E-state index is -2.91. The summed E-state index contributed by atoms with van der Waals surface area (Å²) in [5.74, 6) is 0.261. The van der Waals surface area contributed by atoms with Crippen LogP contribution in [0.5, 0.6) is 0 Å². The fourth-order valence-electron chi connectivity index (χ4n) is 2.92. The van der Waals surface area contributed by atoms with Crippen LogP contribution >= 0.6 is 0 Å². The maximum absolute atomic E-state index is 11.6. The number of benzene rings is 1. The summed E-state index contributed by atoms with van der Waals surface area (Å²) in [7, 11) is -2.91. The molecule has 0 atom stereocenters. The van der Waals surface area contributed by atoms with Crippen molar-refractivity contribution in [2.24, 2.45) is 5.73 Å². The topological polar surface area (TPSA) is 143 Å². The largest absolute Gasteiger partial charge is 0.369 e. The highest BCUT2D eigenvalue weighted by Crippen LogP contribution is 2.26. The molecule has 11 heteroatoms. The van der Waals surface area contributed by atoms with Crippen LogP contribution in [-0.2, 0) is 9.84 Å². The number of rotatable bonds is 6. The Hall–Kier alpha value is -2.95. The maximum atomic E-state index is 11.6. The summed E-state index contributed by atoms with van der Waals surface area (Å²) in [4.78, 5) is 17.9. The number of hydrogen-bond donors (Lipinski definition) is 3. The van der Waals surface area contributed by atoms with Crippen molar-refractivity contribution in [2.75, 3.05) is 40.1 Å². The molecule has 0 unspecified atom stereocenters. The van der Waals surface area contributed by atoms with Gasteiger partial charge < -0.3 is 21.3 Å². The second-order valence-corrected chi connectivity index (χ2v) is 9.23. The van der Waals surface area contributed by atoms with Gasteiger partial charge in [-0.25, -0.2) is 8.42 Å². The van der Waals surface area contributed by atoms with Crippen molar-refractivity contribution in [2.45, 2.75) is 18.9 Å². The molecule has 2 aromatic rings. The first-order valence-corrected chi connectivity index (χ1v) is 10.9. The normalized spacial score (nSPS) is 18.5. The van der Waals surface area contributed by atoms with Crippen LogP contribution in [-0.4, -0.2) is 60.1 Å². The molecule has 0 radical (unpaired) electrons. The molecule has 0 bridgehead atoms. The number of carbonyl (C=O) groups is 1. The highest BCUT2D eigenvalue weighted by atomic mass is 32.2. The summed E-state index contributed by atoms with van der Waals surface area (Å²) in [6.45, 7) is 0.986. The van der Waals surface area contributed by atoms with Crippen LogP contribution in [0.25, 0.3) is 0 Å². The van der Waals surface area contributed by atoms with Gasteiger partial charge in [0, 0.05) is 30.5 Å². The van der Waals surface area contributed by atoms with Crippen molar-refractivity contribution in [1.82, 2.24) is 15.2 Å².